The lowest BCUT2D eigenvalue weighted by atomic mass is 9.90. The van der Waals surface area contributed by atoms with Crippen molar-refractivity contribution >= 4 is 35.5 Å². The first-order chi connectivity index (χ1) is 14.0. The quantitative estimate of drug-likeness (QED) is 0.305. The highest BCUT2D eigenvalue weighted by Gasteiger charge is 2.24. The van der Waals surface area contributed by atoms with Gasteiger partial charge in [-0.1, -0.05) is 35.5 Å². The summed E-state index contributed by atoms with van der Waals surface area (Å²) in [6.45, 7) is 2.15. The number of aryl methyl sites for hydroxylation is 1. The number of fused-ring (bicyclic) bond motifs is 1. The molecular weight excluding hydrogens is 404 g/mol. The van der Waals surface area contributed by atoms with Crippen molar-refractivity contribution in [3.8, 4) is 0 Å². The summed E-state index contributed by atoms with van der Waals surface area (Å²) in [6.07, 6.45) is 5.36. The second-order valence-electron chi connectivity index (χ2n) is 7.40. The van der Waals surface area contributed by atoms with E-state index in [1.165, 1.54) is 12.5 Å². The van der Waals surface area contributed by atoms with E-state index in [2.05, 4.69) is 51.7 Å². The molecule has 0 radical (unpaired) electrons. The monoisotopic (exact) mass is 430 g/mol. The van der Waals surface area contributed by atoms with Crippen molar-refractivity contribution < 1.29 is 14.8 Å². The van der Waals surface area contributed by atoms with E-state index >= 15 is 0 Å². The number of rotatable bonds is 7. The summed E-state index contributed by atoms with van der Waals surface area (Å²) in [6, 6.07) is 12.7. The standard InChI is InChI=1S/C22H26N4O3.ClH/c1-15(27)21(25-29)22(28)24-18-12-17-13-19(8-9-20(17)23-14-18)26(2)11-10-16-6-4-3-5-7-16;/h3-7,12,14,19,29H,8-11,13H2,1-2H3,(H,24,28);1H/b25-21-;. The van der Waals surface area contributed by atoms with E-state index in [-0.39, 0.29) is 12.4 Å². The van der Waals surface area contributed by atoms with Crippen LogP contribution in [0.1, 0.15) is 30.2 Å². The summed E-state index contributed by atoms with van der Waals surface area (Å²) in [4.78, 5) is 30.3. The van der Waals surface area contributed by atoms with Gasteiger partial charge in [-0.25, -0.2) is 0 Å². The number of oxime groups is 1. The van der Waals surface area contributed by atoms with Gasteiger partial charge in [-0.05, 0) is 49.9 Å². The molecule has 1 atom stereocenters. The molecule has 8 heteroatoms. The topological polar surface area (TPSA) is 94.9 Å². The van der Waals surface area contributed by atoms with Crippen LogP contribution in [0.15, 0.2) is 47.8 Å². The number of anilines is 1. The first kappa shape index (κ1) is 23.5. The van der Waals surface area contributed by atoms with Gasteiger partial charge in [-0.3, -0.25) is 14.6 Å². The third-order valence-electron chi connectivity index (χ3n) is 5.36. The van der Waals surface area contributed by atoms with Crippen LogP contribution in [0.3, 0.4) is 0 Å². The van der Waals surface area contributed by atoms with Crippen LogP contribution in [0.2, 0.25) is 0 Å². The largest absolute Gasteiger partial charge is 0.410 e. The summed E-state index contributed by atoms with van der Waals surface area (Å²) < 4.78 is 0. The second kappa shape index (κ2) is 10.8. The smallest absolute Gasteiger partial charge is 0.281 e. The molecule has 1 aromatic carbocycles. The lowest BCUT2D eigenvalue weighted by Gasteiger charge is -2.32. The van der Waals surface area contributed by atoms with Gasteiger partial charge in [0.1, 0.15) is 0 Å². The van der Waals surface area contributed by atoms with Crippen LogP contribution >= 0.6 is 12.4 Å². The maximum Gasteiger partial charge on any atom is 0.281 e. The number of pyridine rings is 1. The first-order valence-corrected chi connectivity index (χ1v) is 9.74. The van der Waals surface area contributed by atoms with E-state index in [4.69, 9.17) is 5.21 Å². The molecule has 7 nitrogen and oxygen atoms in total. The molecule has 1 amide bonds. The zero-order chi connectivity index (χ0) is 20.8. The fourth-order valence-corrected chi connectivity index (χ4v) is 3.64. The normalized spacial score (nSPS) is 15.8. The Labute approximate surface area is 182 Å². The van der Waals surface area contributed by atoms with E-state index in [9.17, 15) is 9.59 Å². The van der Waals surface area contributed by atoms with E-state index in [1.807, 2.05) is 12.1 Å². The van der Waals surface area contributed by atoms with Gasteiger partial charge in [0.15, 0.2) is 5.78 Å². The molecule has 3 rings (SSSR count). The summed E-state index contributed by atoms with van der Waals surface area (Å²) in [5, 5.41) is 14.2. The third-order valence-corrected chi connectivity index (χ3v) is 5.36. The van der Waals surface area contributed by atoms with Gasteiger partial charge in [-0.2, -0.15) is 0 Å². The molecule has 0 saturated carbocycles. The molecule has 30 heavy (non-hydrogen) atoms. The molecule has 1 aliphatic rings. The SMILES string of the molecule is CC(=O)/C(=N/O)C(=O)Nc1cnc2c(c1)CC(N(C)CCc1ccccc1)CC2.Cl. The highest BCUT2D eigenvalue weighted by Crippen LogP contribution is 2.25. The van der Waals surface area contributed by atoms with Crippen molar-refractivity contribution in [2.75, 3.05) is 18.9 Å². The van der Waals surface area contributed by atoms with Gasteiger partial charge >= 0.3 is 0 Å². The molecule has 1 aromatic heterocycles. The minimum Gasteiger partial charge on any atom is -0.410 e. The average Bonchev–Trinajstić information content (AvgIpc) is 2.72. The highest BCUT2D eigenvalue weighted by molar-refractivity contribution is 6.67. The first-order valence-electron chi connectivity index (χ1n) is 9.74. The van der Waals surface area contributed by atoms with Crippen LogP contribution in [0.25, 0.3) is 0 Å². The molecule has 1 aliphatic carbocycles. The number of nitrogens with one attached hydrogen (secondary N) is 1. The molecule has 1 unspecified atom stereocenters. The number of ketones is 1. The fraction of sp³-hybridized carbons (Fsp3) is 0.364. The van der Waals surface area contributed by atoms with Gasteiger partial charge in [0.2, 0.25) is 5.71 Å². The lowest BCUT2D eigenvalue weighted by Crippen LogP contribution is -2.38. The number of hydrogen-bond donors (Lipinski definition) is 2. The van der Waals surface area contributed by atoms with Gasteiger partial charge in [-0.15, -0.1) is 12.4 Å². The van der Waals surface area contributed by atoms with Crippen molar-refractivity contribution in [3.05, 3.63) is 59.4 Å². The van der Waals surface area contributed by atoms with Gasteiger partial charge < -0.3 is 15.4 Å². The maximum absolute atomic E-state index is 12.1. The van der Waals surface area contributed by atoms with Crippen LogP contribution in [-0.2, 0) is 28.9 Å². The Morgan fingerprint density at radius 1 is 1.30 bits per heavy atom. The zero-order valence-corrected chi connectivity index (χ0v) is 18.0. The number of aromatic nitrogens is 1. The van der Waals surface area contributed by atoms with Gasteiger partial charge in [0, 0.05) is 25.2 Å². The molecule has 2 N–H and O–H groups in total. The molecule has 0 fully saturated rings. The van der Waals surface area contributed by atoms with Crippen LogP contribution in [0.4, 0.5) is 5.69 Å². The zero-order valence-electron chi connectivity index (χ0n) is 17.2. The predicted molar refractivity (Wildman–Crippen MR) is 119 cm³/mol. The van der Waals surface area contributed by atoms with Crippen LogP contribution in [0.5, 0.6) is 0 Å². The van der Waals surface area contributed by atoms with E-state index in [0.29, 0.717) is 11.7 Å². The minimum atomic E-state index is -0.742. The van der Waals surface area contributed by atoms with Crippen molar-refractivity contribution in [3.63, 3.8) is 0 Å². The van der Waals surface area contributed by atoms with Crippen LogP contribution < -0.4 is 5.32 Å². The third kappa shape index (κ3) is 5.87. The molecule has 160 valence electrons. The lowest BCUT2D eigenvalue weighted by molar-refractivity contribution is -0.114. The fourth-order valence-electron chi connectivity index (χ4n) is 3.64. The number of likely N-dealkylation sites (N-methyl/N-ethyl adjacent to an activating group) is 1. The van der Waals surface area contributed by atoms with E-state index < -0.39 is 17.4 Å². The van der Waals surface area contributed by atoms with Crippen LogP contribution in [0, 0.1) is 0 Å². The number of nitrogens with zero attached hydrogens (tertiary/aromatic N) is 3. The summed E-state index contributed by atoms with van der Waals surface area (Å²) >= 11 is 0. The van der Waals surface area contributed by atoms with Crippen LogP contribution in [-0.4, -0.2) is 52.1 Å². The number of benzene rings is 1. The molecule has 1 heterocycles. The number of hydrogen-bond acceptors (Lipinski definition) is 6. The number of carbonyl (C=O) groups excluding carboxylic acids is 2. The number of carbonyl (C=O) groups is 2. The van der Waals surface area contributed by atoms with Crippen molar-refractivity contribution in [2.45, 2.75) is 38.6 Å². The molecule has 0 spiro atoms. The van der Waals surface area contributed by atoms with E-state index in [0.717, 1.165) is 43.5 Å². The van der Waals surface area contributed by atoms with Gasteiger partial charge in [0.25, 0.3) is 5.91 Å². The Balaban J connectivity index is 0.00000320. The molecular formula is C22H27ClN4O3. The van der Waals surface area contributed by atoms with Crippen molar-refractivity contribution in [2.24, 2.45) is 5.16 Å². The highest BCUT2D eigenvalue weighted by atomic mass is 35.5. The predicted octanol–water partition coefficient (Wildman–Crippen LogP) is 2.89. The number of halogens is 1. The molecule has 0 saturated heterocycles. The molecule has 2 aromatic rings. The summed E-state index contributed by atoms with van der Waals surface area (Å²) in [5.41, 5.74) is 3.42. The second-order valence-corrected chi connectivity index (χ2v) is 7.40. The maximum atomic E-state index is 12.1. The van der Waals surface area contributed by atoms with E-state index in [1.54, 1.807) is 6.20 Å². The Morgan fingerprint density at radius 3 is 2.70 bits per heavy atom. The molecule has 0 bridgehead atoms. The number of amides is 1. The van der Waals surface area contributed by atoms with Gasteiger partial charge in [0.05, 0.1) is 11.9 Å². The number of Topliss-reactive ketones (excluding diaryl/α,β-unsaturated/α-hetero) is 1. The minimum absolute atomic E-state index is 0. The molecule has 0 aliphatic heterocycles. The Bertz CT molecular complexity index is 918. The summed E-state index contributed by atoms with van der Waals surface area (Å²) in [7, 11) is 2.15. The Morgan fingerprint density at radius 2 is 2.03 bits per heavy atom. The van der Waals surface area contributed by atoms with Crippen molar-refractivity contribution in [1.29, 1.82) is 0 Å². The Hall–Kier alpha value is -2.77. The Kier molecular flexibility index (Phi) is 8.50. The van der Waals surface area contributed by atoms with Crippen molar-refractivity contribution in [1.82, 2.24) is 9.88 Å². The average molecular weight is 431 g/mol. The summed E-state index contributed by atoms with van der Waals surface area (Å²) in [5.74, 6) is -1.34.